The summed E-state index contributed by atoms with van der Waals surface area (Å²) in [5.41, 5.74) is 0. The molecule has 102 valence electrons. The van der Waals surface area contributed by atoms with Crippen LogP contribution in [0.4, 0.5) is 0 Å². The maximum absolute atomic E-state index is 10.5. The molecule has 17 heavy (non-hydrogen) atoms. The van der Waals surface area contributed by atoms with Gasteiger partial charge in [0, 0.05) is 6.42 Å². The average Bonchev–Trinajstić information content (AvgIpc) is 2.25. The van der Waals surface area contributed by atoms with E-state index in [-0.39, 0.29) is 0 Å². The molecule has 0 fully saturated rings. The summed E-state index contributed by atoms with van der Waals surface area (Å²) in [6.07, 6.45) is 2.39. The third-order valence-corrected chi connectivity index (χ3v) is 10.2. The molecule has 0 unspecified atom stereocenters. The molecule has 0 saturated heterocycles. The molecule has 0 rings (SSSR count). The first kappa shape index (κ1) is 16.6. The van der Waals surface area contributed by atoms with E-state index < -0.39 is 14.0 Å². The van der Waals surface area contributed by atoms with E-state index in [4.69, 9.17) is 5.11 Å². The van der Waals surface area contributed by atoms with E-state index in [2.05, 4.69) is 34.9 Å². The largest absolute Gasteiger partial charge is 0.481 e. The Bertz CT molecular complexity index is 229. The molecule has 0 bridgehead atoms. The normalized spacial score (nSPS) is 12.8. The zero-order valence-electron chi connectivity index (χ0n) is 12.3. The lowest BCUT2D eigenvalue weighted by atomic mass is 10.3. The second kappa shape index (κ2) is 7.16. The van der Waals surface area contributed by atoms with Gasteiger partial charge < -0.3 is 9.59 Å². The Hall–Kier alpha value is -0.353. The van der Waals surface area contributed by atoms with Crippen LogP contribution < -0.4 is 0 Å². The molecule has 1 N–H and O–H groups in total. The van der Waals surface area contributed by atoms with Crippen LogP contribution in [0.25, 0.3) is 0 Å². The number of hydrogen-bond acceptors (Lipinski definition) is 1. The van der Waals surface area contributed by atoms with Crippen LogP contribution in [0, 0.1) is 0 Å². The monoisotopic (exact) mass is 260 g/mol. The van der Waals surface area contributed by atoms with Crippen molar-refractivity contribution < 1.29 is 14.4 Å². The van der Waals surface area contributed by atoms with Crippen molar-refractivity contribution in [3.05, 3.63) is 0 Å². The predicted octanol–water partition coefficient (Wildman–Crippen LogP) is 2.98. The minimum absolute atomic E-state index is 0.306. The number of carboxylic acid groups (broad SMARTS) is 1. The first-order valence-electron chi connectivity index (χ1n) is 6.84. The second-order valence-electron chi connectivity index (χ2n) is 5.88. The maximum atomic E-state index is 10.5. The molecule has 0 spiro atoms. The molecule has 0 aromatic rings. The zero-order valence-corrected chi connectivity index (χ0v) is 13.3. The van der Waals surface area contributed by atoms with E-state index in [0.29, 0.717) is 6.42 Å². The molecular formula is C13H30NO2Si+. The van der Waals surface area contributed by atoms with E-state index in [1.165, 1.54) is 24.3 Å². The quantitative estimate of drug-likeness (QED) is 0.511. The Morgan fingerprint density at radius 2 is 1.59 bits per heavy atom. The van der Waals surface area contributed by atoms with E-state index >= 15 is 0 Å². The van der Waals surface area contributed by atoms with Gasteiger partial charge >= 0.3 is 5.97 Å². The fourth-order valence-electron chi connectivity index (χ4n) is 2.73. The molecule has 0 aromatic heterocycles. The third-order valence-electron chi connectivity index (χ3n) is 4.17. The van der Waals surface area contributed by atoms with Crippen LogP contribution in [0.2, 0.25) is 18.1 Å². The van der Waals surface area contributed by atoms with Crippen molar-refractivity contribution in [3.63, 3.8) is 0 Å². The number of rotatable bonds is 9. The first-order valence-corrected chi connectivity index (χ1v) is 9.67. The molecule has 0 atom stereocenters. The summed E-state index contributed by atoms with van der Waals surface area (Å²) in [5, 5.41) is 8.68. The summed E-state index contributed by atoms with van der Waals surface area (Å²) in [5.74, 6) is -0.671. The van der Waals surface area contributed by atoms with E-state index in [1.54, 1.807) is 0 Å². The number of aliphatic carboxylic acids is 1. The molecule has 0 heterocycles. The van der Waals surface area contributed by atoms with Crippen molar-refractivity contribution in [2.24, 2.45) is 0 Å². The van der Waals surface area contributed by atoms with Crippen molar-refractivity contribution in [1.82, 2.24) is 0 Å². The zero-order chi connectivity index (χ0) is 13.5. The van der Waals surface area contributed by atoms with Gasteiger partial charge in [0.1, 0.15) is 8.07 Å². The molecule has 0 aromatic carbocycles. The van der Waals surface area contributed by atoms with Gasteiger partial charge in [0.05, 0.1) is 33.2 Å². The van der Waals surface area contributed by atoms with Gasteiger partial charge in [0.25, 0.3) is 0 Å². The lowest BCUT2D eigenvalue weighted by Gasteiger charge is -2.39. The summed E-state index contributed by atoms with van der Waals surface area (Å²) in [6, 6.07) is 4.04. The molecule has 0 amide bonds. The summed E-state index contributed by atoms with van der Waals surface area (Å²) in [7, 11) is 3.40. The summed E-state index contributed by atoms with van der Waals surface area (Å²) in [6.45, 7) is 7.98. The molecule has 0 aliphatic carbocycles. The van der Waals surface area contributed by atoms with Crippen LogP contribution >= 0.6 is 0 Å². The van der Waals surface area contributed by atoms with Crippen molar-refractivity contribution in [1.29, 1.82) is 0 Å². The van der Waals surface area contributed by atoms with Crippen LogP contribution in [0.3, 0.4) is 0 Å². The van der Waals surface area contributed by atoms with Crippen molar-refractivity contribution in [3.8, 4) is 0 Å². The molecule has 0 radical (unpaired) electrons. The Morgan fingerprint density at radius 1 is 1.12 bits per heavy atom. The smallest absolute Gasteiger partial charge is 0.303 e. The minimum Gasteiger partial charge on any atom is -0.481 e. The Kier molecular flexibility index (Phi) is 7.01. The fraction of sp³-hybridized carbons (Fsp3) is 0.923. The second-order valence-corrected chi connectivity index (χ2v) is 11.3. The predicted molar refractivity (Wildman–Crippen MR) is 75.9 cm³/mol. The lowest BCUT2D eigenvalue weighted by Crippen LogP contribution is -2.54. The minimum atomic E-state index is -1.11. The van der Waals surface area contributed by atoms with Crippen molar-refractivity contribution >= 4 is 14.0 Å². The topological polar surface area (TPSA) is 37.3 Å². The van der Waals surface area contributed by atoms with Gasteiger partial charge in [-0.25, -0.2) is 0 Å². The number of nitrogens with zero attached hydrogens (tertiary/aromatic N) is 1. The van der Waals surface area contributed by atoms with Gasteiger partial charge in [-0.05, 0) is 0 Å². The van der Waals surface area contributed by atoms with Crippen LogP contribution in [-0.4, -0.2) is 50.4 Å². The molecule has 0 aliphatic heterocycles. The molecule has 0 aliphatic rings. The van der Waals surface area contributed by atoms with Crippen LogP contribution in [0.5, 0.6) is 0 Å². The van der Waals surface area contributed by atoms with Crippen molar-refractivity contribution in [2.75, 3.05) is 26.8 Å². The highest BCUT2D eigenvalue weighted by Crippen LogP contribution is 2.23. The fourth-order valence-corrected chi connectivity index (χ4v) is 6.88. The maximum Gasteiger partial charge on any atom is 0.303 e. The van der Waals surface area contributed by atoms with Crippen LogP contribution in [0.15, 0.2) is 0 Å². The summed E-state index contributed by atoms with van der Waals surface area (Å²) < 4.78 is 0.995. The summed E-state index contributed by atoms with van der Waals surface area (Å²) in [4.78, 5) is 10.5. The average molecular weight is 260 g/mol. The summed E-state index contributed by atoms with van der Waals surface area (Å²) >= 11 is 0. The first-order chi connectivity index (χ1) is 7.81. The highest BCUT2D eigenvalue weighted by Gasteiger charge is 2.34. The van der Waals surface area contributed by atoms with E-state index in [0.717, 1.165) is 17.4 Å². The van der Waals surface area contributed by atoms with Gasteiger partial charge in [-0.1, -0.05) is 38.9 Å². The van der Waals surface area contributed by atoms with Crippen molar-refractivity contribution in [2.45, 2.75) is 51.7 Å². The Morgan fingerprint density at radius 3 is 1.94 bits per heavy atom. The lowest BCUT2D eigenvalue weighted by molar-refractivity contribution is -0.880. The van der Waals surface area contributed by atoms with E-state index in [1.807, 2.05) is 0 Å². The number of carbonyl (C=O) groups is 1. The Balaban J connectivity index is 4.34. The van der Waals surface area contributed by atoms with Crippen LogP contribution in [0.1, 0.15) is 33.6 Å². The SMILES string of the molecule is CC[Si](CC)(CC)C[N+](C)(C)CCCC(=O)O. The standard InChI is InChI=1S/C13H29NO2Si/c1-6-17(7-2,8-3)12-14(4,5)11-9-10-13(15)16/h6-12H2,1-5H3/p+1. The highest BCUT2D eigenvalue weighted by atomic mass is 28.3. The molecule has 3 nitrogen and oxygen atoms in total. The van der Waals surface area contributed by atoms with Gasteiger partial charge in [0.15, 0.2) is 0 Å². The van der Waals surface area contributed by atoms with Gasteiger partial charge in [-0.2, -0.15) is 0 Å². The van der Waals surface area contributed by atoms with Gasteiger partial charge in [-0.15, -0.1) is 0 Å². The number of carboxylic acids is 1. The van der Waals surface area contributed by atoms with Gasteiger partial charge in [0.2, 0.25) is 0 Å². The third kappa shape index (κ3) is 6.22. The number of quaternary nitrogens is 1. The highest BCUT2D eigenvalue weighted by molar-refractivity contribution is 6.79. The molecule has 0 saturated carbocycles. The Labute approximate surface area is 107 Å². The number of hydrogen-bond donors (Lipinski definition) is 1. The van der Waals surface area contributed by atoms with Crippen LogP contribution in [-0.2, 0) is 4.79 Å². The molecule has 4 heteroatoms. The molecular weight excluding hydrogens is 230 g/mol. The van der Waals surface area contributed by atoms with E-state index in [9.17, 15) is 4.79 Å². The van der Waals surface area contributed by atoms with Gasteiger partial charge in [-0.3, -0.25) is 4.79 Å².